The zero-order chi connectivity index (χ0) is 11.1. The van der Waals surface area contributed by atoms with Gasteiger partial charge in [-0.25, -0.2) is 0 Å². The number of rotatable bonds is 6. The zero-order valence-electron chi connectivity index (χ0n) is 9.60. The minimum Gasteiger partial charge on any atom is -0.384 e. The largest absolute Gasteiger partial charge is 0.384 e. The maximum atomic E-state index is 5.12. The number of methoxy groups -OCH3 is 1. The Balaban J connectivity index is 2.56. The molecule has 1 N–H and O–H groups in total. The first-order chi connectivity index (χ1) is 7.27. The fourth-order valence-electron chi connectivity index (χ4n) is 1.63. The van der Waals surface area contributed by atoms with E-state index in [1.165, 1.54) is 0 Å². The molecule has 0 radical (unpaired) electrons. The first-order valence-corrected chi connectivity index (χ1v) is 5.20. The van der Waals surface area contributed by atoms with Crippen molar-refractivity contribution in [2.24, 2.45) is 5.92 Å². The van der Waals surface area contributed by atoms with Gasteiger partial charge in [-0.2, -0.15) is 0 Å². The van der Waals surface area contributed by atoms with Crippen LogP contribution in [0.5, 0.6) is 0 Å². The van der Waals surface area contributed by atoms with Crippen molar-refractivity contribution in [1.82, 2.24) is 15.3 Å². The predicted molar refractivity (Wildman–Crippen MR) is 59.5 cm³/mol. The molecule has 84 valence electrons. The van der Waals surface area contributed by atoms with E-state index in [4.69, 9.17) is 4.74 Å². The average Bonchev–Trinajstić information content (AvgIpc) is 2.27. The molecule has 0 aliphatic heterocycles. The summed E-state index contributed by atoms with van der Waals surface area (Å²) in [5.74, 6) is 0.509. The molecule has 0 spiro atoms. The van der Waals surface area contributed by atoms with Gasteiger partial charge >= 0.3 is 0 Å². The van der Waals surface area contributed by atoms with E-state index in [9.17, 15) is 0 Å². The molecule has 4 heteroatoms. The van der Waals surface area contributed by atoms with Gasteiger partial charge < -0.3 is 10.1 Å². The van der Waals surface area contributed by atoms with Crippen molar-refractivity contribution < 1.29 is 4.74 Å². The summed E-state index contributed by atoms with van der Waals surface area (Å²) in [6, 6.07) is 0.254. The Labute approximate surface area is 91.1 Å². The lowest BCUT2D eigenvalue weighted by Gasteiger charge is -2.19. The van der Waals surface area contributed by atoms with E-state index in [2.05, 4.69) is 22.2 Å². The first kappa shape index (κ1) is 12.1. The second-order valence-electron chi connectivity index (χ2n) is 3.77. The molecule has 0 aromatic carbocycles. The molecule has 1 aromatic heterocycles. The van der Waals surface area contributed by atoms with E-state index in [0.717, 1.165) is 18.7 Å². The van der Waals surface area contributed by atoms with Crippen molar-refractivity contribution in [3.8, 4) is 0 Å². The van der Waals surface area contributed by atoms with Crippen molar-refractivity contribution in [3.05, 3.63) is 24.3 Å². The Kier molecular flexibility index (Phi) is 5.21. The monoisotopic (exact) mass is 209 g/mol. The van der Waals surface area contributed by atoms with Gasteiger partial charge in [-0.05, 0) is 19.4 Å². The lowest BCUT2D eigenvalue weighted by Crippen LogP contribution is -2.21. The number of hydrogen-bond acceptors (Lipinski definition) is 4. The fraction of sp³-hybridized carbons (Fsp3) is 0.636. The van der Waals surface area contributed by atoms with Crippen molar-refractivity contribution in [2.75, 3.05) is 20.8 Å². The fourth-order valence-corrected chi connectivity index (χ4v) is 1.63. The first-order valence-electron chi connectivity index (χ1n) is 5.20. The zero-order valence-corrected chi connectivity index (χ0v) is 9.60. The van der Waals surface area contributed by atoms with Crippen LogP contribution in [-0.2, 0) is 4.74 Å². The highest BCUT2D eigenvalue weighted by molar-refractivity contribution is 5.02. The summed E-state index contributed by atoms with van der Waals surface area (Å²) in [7, 11) is 3.67. The number of hydrogen-bond donors (Lipinski definition) is 1. The normalized spacial score (nSPS) is 14.9. The second-order valence-corrected chi connectivity index (χ2v) is 3.77. The maximum Gasteiger partial charge on any atom is 0.0756 e. The van der Waals surface area contributed by atoms with E-state index in [1.807, 2.05) is 7.05 Å². The van der Waals surface area contributed by atoms with Gasteiger partial charge in [-0.1, -0.05) is 6.92 Å². The molecule has 2 unspecified atom stereocenters. The summed E-state index contributed by atoms with van der Waals surface area (Å²) in [6.45, 7) is 2.95. The molecule has 15 heavy (non-hydrogen) atoms. The lowest BCUT2D eigenvalue weighted by molar-refractivity contribution is 0.149. The number of aromatic nitrogens is 2. The Bertz CT molecular complexity index is 266. The van der Waals surface area contributed by atoms with Gasteiger partial charge in [0.1, 0.15) is 0 Å². The summed E-state index contributed by atoms with van der Waals surface area (Å²) in [5, 5.41) is 3.25. The maximum absolute atomic E-state index is 5.12. The Morgan fingerprint density at radius 3 is 2.80 bits per heavy atom. The Morgan fingerprint density at radius 2 is 2.27 bits per heavy atom. The molecule has 0 fully saturated rings. The Morgan fingerprint density at radius 1 is 1.47 bits per heavy atom. The highest BCUT2D eigenvalue weighted by Crippen LogP contribution is 2.18. The molecule has 1 aromatic rings. The molecule has 4 nitrogen and oxygen atoms in total. The number of nitrogens with one attached hydrogen (secondary N) is 1. The van der Waals surface area contributed by atoms with Crippen LogP contribution in [0.15, 0.2) is 18.6 Å². The third-order valence-corrected chi connectivity index (χ3v) is 2.38. The molecule has 0 bridgehead atoms. The van der Waals surface area contributed by atoms with Crippen molar-refractivity contribution in [1.29, 1.82) is 0 Å². The van der Waals surface area contributed by atoms with E-state index in [1.54, 1.807) is 25.7 Å². The van der Waals surface area contributed by atoms with Crippen LogP contribution >= 0.6 is 0 Å². The van der Waals surface area contributed by atoms with Crippen LogP contribution in [0, 0.1) is 5.92 Å². The summed E-state index contributed by atoms with van der Waals surface area (Å²) >= 11 is 0. The van der Waals surface area contributed by atoms with Gasteiger partial charge in [0, 0.05) is 32.3 Å². The highest BCUT2D eigenvalue weighted by atomic mass is 16.5. The molecular weight excluding hydrogens is 190 g/mol. The van der Waals surface area contributed by atoms with Gasteiger partial charge in [0.05, 0.1) is 11.7 Å². The third-order valence-electron chi connectivity index (χ3n) is 2.38. The summed E-state index contributed by atoms with van der Waals surface area (Å²) < 4.78 is 5.12. The molecule has 0 aliphatic rings. The average molecular weight is 209 g/mol. The van der Waals surface area contributed by atoms with Crippen molar-refractivity contribution in [2.45, 2.75) is 19.4 Å². The molecular formula is C11H19N3O. The second kappa shape index (κ2) is 6.48. The minimum absolute atomic E-state index is 0.254. The topological polar surface area (TPSA) is 47.0 Å². The van der Waals surface area contributed by atoms with E-state index in [-0.39, 0.29) is 6.04 Å². The molecule has 0 amide bonds. The number of nitrogens with zero attached hydrogens (tertiary/aromatic N) is 2. The summed E-state index contributed by atoms with van der Waals surface area (Å²) in [5.41, 5.74) is 0.989. The minimum atomic E-state index is 0.254. The van der Waals surface area contributed by atoms with Gasteiger partial charge in [-0.3, -0.25) is 9.97 Å². The quantitative estimate of drug-likeness (QED) is 0.769. The Hall–Kier alpha value is -1.00. The molecule has 1 heterocycles. The van der Waals surface area contributed by atoms with Crippen LogP contribution in [0.3, 0.4) is 0 Å². The molecule has 0 aliphatic carbocycles. The van der Waals surface area contributed by atoms with Gasteiger partial charge in [0.25, 0.3) is 0 Å². The van der Waals surface area contributed by atoms with Gasteiger partial charge in [0.2, 0.25) is 0 Å². The standard InChI is InChI=1S/C11H19N3O/c1-9(8-15-3)6-10(12-2)11-7-13-4-5-14-11/h4-5,7,9-10,12H,6,8H2,1-3H3. The smallest absolute Gasteiger partial charge is 0.0756 e. The highest BCUT2D eigenvalue weighted by Gasteiger charge is 2.14. The molecule has 2 atom stereocenters. The van der Waals surface area contributed by atoms with E-state index in [0.29, 0.717) is 5.92 Å². The third kappa shape index (κ3) is 3.93. The van der Waals surface area contributed by atoms with E-state index >= 15 is 0 Å². The lowest BCUT2D eigenvalue weighted by atomic mass is 10.0. The molecule has 1 rings (SSSR count). The SMILES string of the molecule is CNC(CC(C)COC)c1cnccn1. The van der Waals surface area contributed by atoms with Crippen LogP contribution in [0.2, 0.25) is 0 Å². The summed E-state index contributed by atoms with van der Waals surface area (Å²) in [4.78, 5) is 8.37. The number of ether oxygens (including phenoxy) is 1. The molecule has 0 saturated carbocycles. The summed E-state index contributed by atoms with van der Waals surface area (Å²) in [6.07, 6.45) is 6.22. The molecule has 0 saturated heterocycles. The van der Waals surface area contributed by atoms with Crippen LogP contribution < -0.4 is 5.32 Å². The van der Waals surface area contributed by atoms with Crippen LogP contribution in [0.1, 0.15) is 25.1 Å². The van der Waals surface area contributed by atoms with Crippen LogP contribution in [-0.4, -0.2) is 30.7 Å². The predicted octanol–water partition coefficient (Wildman–Crippen LogP) is 1.41. The van der Waals surface area contributed by atoms with Crippen LogP contribution in [0.25, 0.3) is 0 Å². The van der Waals surface area contributed by atoms with Crippen molar-refractivity contribution in [3.63, 3.8) is 0 Å². The van der Waals surface area contributed by atoms with Crippen molar-refractivity contribution >= 4 is 0 Å². The van der Waals surface area contributed by atoms with Gasteiger partial charge in [0.15, 0.2) is 0 Å². The van der Waals surface area contributed by atoms with E-state index < -0.39 is 0 Å². The van der Waals surface area contributed by atoms with Crippen LogP contribution in [0.4, 0.5) is 0 Å². The van der Waals surface area contributed by atoms with Gasteiger partial charge in [-0.15, -0.1) is 0 Å².